The number of aliphatic hydroxyl groups excluding tert-OH is 2. The molecule has 0 aromatic heterocycles. The van der Waals surface area contributed by atoms with Gasteiger partial charge in [-0.25, -0.2) is 0 Å². The summed E-state index contributed by atoms with van der Waals surface area (Å²) in [6.07, 6.45) is -1.19. The number of hydrogen-bond acceptors (Lipinski definition) is 9. The summed E-state index contributed by atoms with van der Waals surface area (Å²) in [5.41, 5.74) is 5.48. The van der Waals surface area contributed by atoms with Crippen LogP contribution < -0.4 is 16.4 Å². The first-order valence-corrected chi connectivity index (χ1v) is 10.7. The van der Waals surface area contributed by atoms with Crippen LogP contribution in [0, 0.1) is 5.41 Å². The molecule has 0 fully saturated rings. The Kier molecular flexibility index (Phi) is 10.8. The van der Waals surface area contributed by atoms with E-state index in [0.29, 0.717) is 11.3 Å². The van der Waals surface area contributed by atoms with E-state index in [4.69, 9.17) is 10.8 Å². The fraction of sp³-hybridized carbons (Fsp3) is 0.550. The van der Waals surface area contributed by atoms with Gasteiger partial charge in [-0.1, -0.05) is 31.7 Å². The normalized spacial score (nSPS) is 13.3. The van der Waals surface area contributed by atoms with Crippen molar-refractivity contribution in [2.24, 2.45) is 11.1 Å². The van der Waals surface area contributed by atoms with Crippen LogP contribution >= 0.6 is 11.8 Å². The highest BCUT2D eigenvalue weighted by atomic mass is 32.2. The first kappa shape index (κ1) is 26.7. The number of carbonyl (C=O) groups excluding carboxylic acids is 3. The molecule has 174 valence electrons. The molecular weight excluding hydrogens is 426 g/mol. The quantitative estimate of drug-likeness (QED) is 0.156. The van der Waals surface area contributed by atoms with E-state index in [2.05, 4.69) is 10.6 Å². The van der Waals surface area contributed by atoms with Gasteiger partial charge < -0.3 is 36.8 Å². The highest BCUT2D eigenvalue weighted by Crippen LogP contribution is 2.25. The molecule has 8 N–H and O–H groups in total. The number of amides is 2. The molecule has 0 aliphatic carbocycles. The summed E-state index contributed by atoms with van der Waals surface area (Å²) < 4.78 is 0. The number of benzene rings is 1. The van der Waals surface area contributed by atoms with Crippen LogP contribution in [0.4, 0.5) is 0 Å². The Balaban J connectivity index is 2.23. The van der Waals surface area contributed by atoms with Gasteiger partial charge in [-0.15, -0.1) is 0 Å². The monoisotopic (exact) mass is 457 g/mol. The number of phenols is 2. The van der Waals surface area contributed by atoms with Crippen molar-refractivity contribution in [2.45, 2.75) is 38.8 Å². The Morgan fingerprint density at radius 1 is 1.13 bits per heavy atom. The van der Waals surface area contributed by atoms with E-state index >= 15 is 0 Å². The molecule has 31 heavy (non-hydrogen) atoms. The maximum atomic E-state index is 12.1. The molecule has 2 amide bonds. The number of thioether (sulfide) groups is 1. The van der Waals surface area contributed by atoms with E-state index in [1.165, 1.54) is 12.1 Å². The number of phenolic OH excluding ortho intramolecular Hbond substituents is 2. The molecule has 0 unspecified atom stereocenters. The fourth-order valence-electron chi connectivity index (χ4n) is 2.41. The first-order valence-electron chi connectivity index (χ1n) is 9.74. The molecule has 10 nitrogen and oxygen atoms in total. The van der Waals surface area contributed by atoms with Crippen molar-refractivity contribution in [3.05, 3.63) is 23.8 Å². The molecular formula is C20H31N3O7S. The zero-order chi connectivity index (χ0) is 23.6. The second kappa shape index (κ2) is 12.5. The Bertz CT molecular complexity index is 773. The topological polar surface area (TPSA) is 182 Å². The van der Waals surface area contributed by atoms with Gasteiger partial charge in [0.2, 0.25) is 16.9 Å². The van der Waals surface area contributed by atoms with E-state index < -0.39 is 23.5 Å². The highest BCUT2D eigenvalue weighted by molar-refractivity contribution is 8.13. The minimum atomic E-state index is -1.39. The summed E-state index contributed by atoms with van der Waals surface area (Å²) in [6.45, 7) is 2.99. The van der Waals surface area contributed by atoms with Gasteiger partial charge in [-0.2, -0.15) is 0 Å². The van der Waals surface area contributed by atoms with Gasteiger partial charge in [0.25, 0.3) is 0 Å². The van der Waals surface area contributed by atoms with Crippen molar-refractivity contribution in [1.82, 2.24) is 10.6 Å². The third-order valence-corrected chi connectivity index (χ3v) is 5.51. The largest absolute Gasteiger partial charge is 0.504 e. The van der Waals surface area contributed by atoms with Crippen LogP contribution in [0.25, 0.3) is 0 Å². The number of nitrogens with one attached hydrogen (secondary N) is 2. The Hall–Kier alpha value is -2.34. The summed E-state index contributed by atoms with van der Waals surface area (Å²) in [5, 5.41) is 42.6. The minimum absolute atomic E-state index is 0.000482. The predicted molar refractivity (Wildman–Crippen MR) is 116 cm³/mol. The second-order valence-corrected chi connectivity index (χ2v) is 8.84. The molecule has 0 radical (unpaired) electrons. The molecule has 0 spiro atoms. The van der Waals surface area contributed by atoms with E-state index in [1.54, 1.807) is 19.9 Å². The molecule has 11 heteroatoms. The van der Waals surface area contributed by atoms with Crippen molar-refractivity contribution in [2.75, 3.05) is 25.4 Å². The van der Waals surface area contributed by atoms with Crippen molar-refractivity contribution < 1.29 is 34.8 Å². The number of hydrogen-bond donors (Lipinski definition) is 7. The van der Waals surface area contributed by atoms with E-state index in [0.717, 1.165) is 11.8 Å². The van der Waals surface area contributed by atoms with Crippen molar-refractivity contribution in [1.29, 1.82) is 0 Å². The van der Waals surface area contributed by atoms with Gasteiger partial charge in [0.1, 0.15) is 6.10 Å². The Labute approximate surface area is 185 Å². The zero-order valence-electron chi connectivity index (χ0n) is 17.6. The van der Waals surface area contributed by atoms with E-state index in [1.807, 2.05) is 0 Å². The SMILES string of the molecule is CC(C)(CO)[C@@H](O)C(=O)NCCC(=O)NCCSC(=O)[C@@H](N)Cc1ccc(O)c(O)c1. The van der Waals surface area contributed by atoms with Gasteiger partial charge in [-0.05, 0) is 24.1 Å². The minimum Gasteiger partial charge on any atom is -0.504 e. The number of carbonyl (C=O) groups is 3. The average molecular weight is 458 g/mol. The number of nitrogens with two attached hydrogens (primary N) is 1. The Morgan fingerprint density at radius 2 is 1.81 bits per heavy atom. The number of rotatable bonds is 12. The molecule has 1 aromatic rings. The van der Waals surface area contributed by atoms with Crippen LogP contribution in [-0.4, -0.2) is 75.0 Å². The molecule has 0 saturated carbocycles. The summed E-state index contributed by atoms with van der Waals surface area (Å²) >= 11 is 0.974. The molecule has 0 aliphatic rings. The summed E-state index contributed by atoms with van der Waals surface area (Å²) in [7, 11) is 0. The lowest BCUT2D eigenvalue weighted by atomic mass is 9.87. The maximum absolute atomic E-state index is 12.1. The molecule has 0 heterocycles. The zero-order valence-corrected chi connectivity index (χ0v) is 18.4. The lowest BCUT2D eigenvalue weighted by Gasteiger charge is -2.27. The summed E-state index contributed by atoms with van der Waals surface area (Å²) in [4.78, 5) is 35.7. The van der Waals surface area contributed by atoms with Crippen LogP contribution in [-0.2, 0) is 20.8 Å². The molecule has 0 saturated heterocycles. The second-order valence-electron chi connectivity index (χ2n) is 7.74. The summed E-state index contributed by atoms with van der Waals surface area (Å²) in [6, 6.07) is 3.43. The van der Waals surface area contributed by atoms with Gasteiger partial charge in [0, 0.05) is 30.7 Å². The molecule has 1 aromatic carbocycles. The molecule has 0 aliphatic heterocycles. The van der Waals surface area contributed by atoms with Crippen LogP contribution in [0.5, 0.6) is 11.5 Å². The first-order chi connectivity index (χ1) is 14.5. The maximum Gasteiger partial charge on any atom is 0.249 e. The molecule has 2 atom stereocenters. The van der Waals surface area contributed by atoms with Crippen molar-refractivity contribution in [3.8, 4) is 11.5 Å². The van der Waals surface area contributed by atoms with Crippen molar-refractivity contribution in [3.63, 3.8) is 0 Å². The smallest absolute Gasteiger partial charge is 0.249 e. The number of aliphatic hydroxyl groups is 2. The lowest BCUT2D eigenvalue weighted by molar-refractivity contribution is -0.137. The average Bonchev–Trinajstić information content (AvgIpc) is 2.72. The van der Waals surface area contributed by atoms with Gasteiger partial charge in [0.05, 0.1) is 12.6 Å². The Morgan fingerprint density at radius 3 is 2.42 bits per heavy atom. The lowest BCUT2D eigenvalue weighted by Crippen LogP contribution is -2.46. The van der Waals surface area contributed by atoms with Gasteiger partial charge >= 0.3 is 0 Å². The third kappa shape index (κ3) is 9.13. The third-order valence-electron chi connectivity index (χ3n) is 4.51. The van der Waals surface area contributed by atoms with Gasteiger partial charge in [-0.3, -0.25) is 14.4 Å². The number of aromatic hydroxyl groups is 2. The molecule has 0 bridgehead atoms. The van der Waals surface area contributed by atoms with Gasteiger partial charge in [0.15, 0.2) is 11.5 Å². The van der Waals surface area contributed by atoms with Crippen LogP contribution in [0.1, 0.15) is 25.8 Å². The van der Waals surface area contributed by atoms with Crippen molar-refractivity contribution >= 4 is 28.7 Å². The highest BCUT2D eigenvalue weighted by Gasteiger charge is 2.32. The van der Waals surface area contributed by atoms with Crippen LogP contribution in [0.3, 0.4) is 0 Å². The van der Waals surface area contributed by atoms with Crippen LogP contribution in [0.2, 0.25) is 0 Å². The standard InChI is InChI=1S/C20H31N3O7S/c1-20(2,11-24)17(28)18(29)23-6-5-16(27)22-7-8-31-19(30)13(21)9-12-3-4-14(25)15(26)10-12/h3-4,10,13,17,24-26,28H,5-9,11,21H2,1-2H3,(H,22,27)(H,23,29)/t13-,17-/m0/s1. The van der Waals surface area contributed by atoms with E-state index in [9.17, 15) is 29.7 Å². The van der Waals surface area contributed by atoms with E-state index in [-0.39, 0.29) is 55.1 Å². The predicted octanol–water partition coefficient (Wildman–Crippen LogP) is -0.771. The molecule has 1 rings (SSSR count). The van der Waals surface area contributed by atoms with Crippen LogP contribution in [0.15, 0.2) is 18.2 Å². The summed E-state index contributed by atoms with van der Waals surface area (Å²) in [5.74, 6) is -1.21. The fourth-order valence-corrected chi connectivity index (χ4v) is 3.11.